The summed E-state index contributed by atoms with van der Waals surface area (Å²) in [5, 5.41) is 2.99. The number of nitrogens with one attached hydrogen (secondary N) is 1. The Morgan fingerprint density at radius 2 is 2.00 bits per heavy atom. The van der Waals surface area contributed by atoms with Crippen LogP contribution >= 0.6 is 0 Å². The number of nitrogens with two attached hydrogens (primary N) is 1. The van der Waals surface area contributed by atoms with E-state index in [1.165, 1.54) is 12.1 Å². The lowest BCUT2D eigenvalue weighted by Crippen LogP contribution is -2.47. The van der Waals surface area contributed by atoms with Crippen molar-refractivity contribution in [2.75, 3.05) is 6.54 Å². The van der Waals surface area contributed by atoms with Crippen LogP contribution in [0.5, 0.6) is 0 Å². The summed E-state index contributed by atoms with van der Waals surface area (Å²) in [6.07, 6.45) is 1.85. The van der Waals surface area contributed by atoms with Gasteiger partial charge >= 0.3 is 0 Å². The second kappa shape index (κ2) is 6.50. The molecule has 0 bridgehead atoms. The minimum absolute atomic E-state index is 0.0561. The highest BCUT2D eigenvalue weighted by molar-refractivity contribution is 5.79. The fourth-order valence-electron chi connectivity index (χ4n) is 1.81. The van der Waals surface area contributed by atoms with Gasteiger partial charge in [-0.1, -0.05) is 19.1 Å². The lowest BCUT2D eigenvalue weighted by Gasteiger charge is -2.29. The first-order chi connectivity index (χ1) is 8.49. The minimum atomic E-state index is -0.291. The zero-order chi connectivity index (χ0) is 13.6. The first-order valence-electron chi connectivity index (χ1n) is 6.24. The molecule has 18 heavy (non-hydrogen) atoms. The van der Waals surface area contributed by atoms with E-state index in [2.05, 4.69) is 5.32 Å². The van der Waals surface area contributed by atoms with Gasteiger partial charge in [-0.25, -0.2) is 4.39 Å². The van der Waals surface area contributed by atoms with Gasteiger partial charge < -0.3 is 11.1 Å². The molecule has 0 saturated heterocycles. The molecule has 1 atom stereocenters. The summed E-state index contributed by atoms with van der Waals surface area (Å²) in [4.78, 5) is 11.9. The third kappa shape index (κ3) is 4.45. The van der Waals surface area contributed by atoms with Crippen molar-refractivity contribution < 1.29 is 9.18 Å². The number of carbonyl (C=O) groups is 1. The van der Waals surface area contributed by atoms with E-state index in [9.17, 15) is 9.18 Å². The smallest absolute Gasteiger partial charge is 0.224 e. The van der Waals surface area contributed by atoms with E-state index in [0.717, 1.165) is 18.4 Å². The summed E-state index contributed by atoms with van der Waals surface area (Å²) < 4.78 is 12.7. The van der Waals surface area contributed by atoms with Gasteiger partial charge in [0.1, 0.15) is 5.82 Å². The standard InChI is InChI=1S/C14H21FN2O/c1-3-14(2,8-9-16)17-13(18)10-11-4-6-12(15)7-5-11/h4-7H,3,8-10,16H2,1-2H3,(H,17,18). The van der Waals surface area contributed by atoms with Crippen LogP contribution in [-0.2, 0) is 11.2 Å². The third-order valence-corrected chi connectivity index (χ3v) is 3.20. The maximum Gasteiger partial charge on any atom is 0.224 e. The molecule has 0 aliphatic carbocycles. The van der Waals surface area contributed by atoms with Crippen LogP contribution in [-0.4, -0.2) is 18.0 Å². The maximum atomic E-state index is 12.7. The average Bonchev–Trinajstić information content (AvgIpc) is 2.32. The Morgan fingerprint density at radius 1 is 1.39 bits per heavy atom. The van der Waals surface area contributed by atoms with Gasteiger partial charge in [-0.05, 0) is 44.0 Å². The quantitative estimate of drug-likeness (QED) is 0.813. The van der Waals surface area contributed by atoms with E-state index in [-0.39, 0.29) is 23.7 Å². The number of benzene rings is 1. The van der Waals surface area contributed by atoms with Gasteiger partial charge in [0.2, 0.25) is 5.91 Å². The summed E-state index contributed by atoms with van der Waals surface area (Å²) in [5.41, 5.74) is 6.09. The molecule has 0 aliphatic heterocycles. The van der Waals surface area contributed by atoms with E-state index < -0.39 is 0 Å². The monoisotopic (exact) mass is 252 g/mol. The number of hydrogen-bond donors (Lipinski definition) is 2. The Kier molecular flexibility index (Phi) is 5.28. The van der Waals surface area contributed by atoms with Crippen LogP contribution in [0.2, 0.25) is 0 Å². The Labute approximate surface area is 108 Å². The van der Waals surface area contributed by atoms with Crippen LogP contribution in [0.1, 0.15) is 32.3 Å². The molecule has 1 aromatic carbocycles. The Balaban J connectivity index is 2.58. The van der Waals surface area contributed by atoms with Crippen LogP contribution < -0.4 is 11.1 Å². The van der Waals surface area contributed by atoms with Gasteiger partial charge in [0.25, 0.3) is 0 Å². The normalized spacial score (nSPS) is 14.0. The molecule has 0 saturated carbocycles. The van der Waals surface area contributed by atoms with Crippen LogP contribution in [0.25, 0.3) is 0 Å². The average molecular weight is 252 g/mol. The first kappa shape index (κ1) is 14.6. The van der Waals surface area contributed by atoms with Gasteiger partial charge in [-0.2, -0.15) is 0 Å². The van der Waals surface area contributed by atoms with Crippen LogP contribution in [0.15, 0.2) is 24.3 Å². The van der Waals surface area contributed by atoms with Crippen molar-refractivity contribution in [3.63, 3.8) is 0 Å². The molecular weight excluding hydrogens is 231 g/mol. The Morgan fingerprint density at radius 3 is 2.50 bits per heavy atom. The highest BCUT2D eigenvalue weighted by Gasteiger charge is 2.23. The molecule has 100 valence electrons. The predicted molar refractivity (Wildman–Crippen MR) is 70.6 cm³/mol. The molecule has 1 unspecified atom stereocenters. The zero-order valence-electron chi connectivity index (χ0n) is 11.0. The zero-order valence-corrected chi connectivity index (χ0v) is 11.0. The van der Waals surface area contributed by atoms with Gasteiger partial charge in [-0.3, -0.25) is 4.79 Å². The van der Waals surface area contributed by atoms with Crippen LogP contribution in [0, 0.1) is 5.82 Å². The van der Waals surface area contributed by atoms with Gasteiger partial charge in [0.15, 0.2) is 0 Å². The summed E-state index contributed by atoms with van der Waals surface area (Å²) in [7, 11) is 0. The van der Waals surface area contributed by atoms with E-state index in [4.69, 9.17) is 5.73 Å². The molecule has 0 radical (unpaired) electrons. The number of rotatable bonds is 6. The number of amides is 1. The lowest BCUT2D eigenvalue weighted by molar-refractivity contribution is -0.122. The summed E-state index contributed by atoms with van der Waals surface area (Å²) in [6, 6.07) is 5.98. The van der Waals surface area contributed by atoms with Crippen LogP contribution in [0.3, 0.4) is 0 Å². The van der Waals surface area contributed by atoms with Crippen molar-refractivity contribution in [2.24, 2.45) is 5.73 Å². The van der Waals surface area contributed by atoms with Crippen molar-refractivity contribution >= 4 is 5.91 Å². The number of carbonyl (C=O) groups excluding carboxylic acids is 1. The first-order valence-corrected chi connectivity index (χ1v) is 6.24. The highest BCUT2D eigenvalue weighted by atomic mass is 19.1. The molecule has 0 aliphatic rings. The van der Waals surface area contributed by atoms with E-state index >= 15 is 0 Å². The second-order valence-corrected chi connectivity index (χ2v) is 4.80. The van der Waals surface area contributed by atoms with Crippen LogP contribution in [0.4, 0.5) is 4.39 Å². The molecule has 1 rings (SSSR count). The van der Waals surface area contributed by atoms with Crippen molar-refractivity contribution in [3.05, 3.63) is 35.6 Å². The molecule has 0 spiro atoms. The SMILES string of the molecule is CCC(C)(CCN)NC(=O)Cc1ccc(F)cc1. The van der Waals surface area contributed by atoms with Crippen molar-refractivity contribution in [2.45, 2.75) is 38.6 Å². The molecule has 1 amide bonds. The molecule has 1 aromatic rings. The molecule has 0 heterocycles. The fraction of sp³-hybridized carbons (Fsp3) is 0.500. The molecular formula is C14H21FN2O. The number of hydrogen-bond acceptors (Lipinski definition) is 2. The van der Waals surface area contributed by atoms with Crippen molar-refractivity contribution in [1.29, 1.82) is 0 Å². The second-order valence-electron chi connectivity index (χ2n) is 4.80. The van der Waals surface area contributed by atoms with E-state index in [0.29, 0.717) is 6.54 Å². The third-order valence-electron chi connectivity index (χ3n) is 3.20. The minimum Gasteiger partial charge on any atom is -0.351 e. The molecule has 3 nitrogen and oxygen atoms in total. The number of halogens is 1. The predicted octanol–water partition coefficient (Wildman–Crippen LogP) is 2.00. The highest BCUT2D eigenvalue weighted by Crippen LogP contribution is 2.14. The molecule has 4 heteroatoms. The maximum absolute atomic E-state index is 12.7. The van der Waals surface area contributed by atoms with Gasteiger partial charge in [-0.15, -0.1) is 0 Å². The summed E-state index contributed by atoms with van der Waals surface area (Å²) in [5.74, 6) is -0.347. The fourth-order valence-corrected chi connectivity index (χ4v) is 1.81. The molecule has 0 fully saturated rings. The summed E-state index contributed by atoms with van der Waals surface area (Å²) >= 11 is 0. The lowest BCUT2D eigenvalue weighted by atomic mass is 9.94. The Hall–Kier alpha value is -1.42. The van der Waals surface area contributed by atoms with Crippen molar-refractivity contribution in [3.8, 4) is 0 Å². The summed E-state index contributed by atoms with van der Waals surface area (Å²) in [6.45, 7) is 4.55. The van der Waals surface area contributed by atoms with E-state index in [1.807, 2.05) is 13.8 Å². The van der Waals surface area contributed by atoms with Gasteiger partial charge in [0, 0.05) is 5.54 Å². The largest absolute Gasteiger partial charge is 0.351 e. The molecule has 3 N–H and O–H groups in total. The van der Waals surface area contributed by atoms with E-state index in [1.54, 1.807) is 12.1 Å². The topological polar surface area (TPSA) is 55.1 Å². The Bertz CT molecular complexity index is 391. The van der Waals surface area contributed by atoms with Gasteiger partial charge in [0.05, 0.1) is 6.42 Å². The van der Waals surface area contributed by atoms with Crippen molar-refractivity contribution in [1.82, 2.24) is 5.32 Å². The molecule has 0 aromatic heterocycles.